The smallest absolute Gasteiger partial charge is 0.262 e. The number of amides is 1. The van der Waals surface area contributed by atoms with E-state index in [4.69, 9.17) is 4.74 Å². The zero-order valence-corrected chi connectivity index (χ0v) is 12.4. The van der Waals surface area contributed by atoms with Gasteiger partial charge in [-0.3, -0.25) is 4.79 Å². The van der Waals surface area contributed by atoms with E-state index in [-0.39, 0.29) is 18.3 Å². The number of benzene rings is 2. The molecule has 1 N–H and O–H groups in total. The summed E-state index contributed by atoms with van der Waals surface area (Å²) in [4.78, 5) is 11.8. The predicted octanol–water partition coefficient (Wildman–Crippen LogP) is 3.91. The van der Waals surface area contributed by atoms with Crippen molar-refractivity contribution >= 4 is 27.5 Å². The van der Waals surface area contributed by atoms with Gasteiger partial charge < -0.3 is 10.1 Å². The van der Waals surface area contributed by atoms with Crippen molar-refractivity contribution < 1.29 is 13.9 Å². The minimum atomic E-state index is -0.503. The molecule has 0 fully saturated rings. The molecule has 1 amide bonds. The van der Waals surface area contributed by atoms with E-state index in [0.29, 0.717) is 4.47 Å². The summed E-state index contributed by atoms with van der Waals surface area (Å²) in [7, 11) is 0. The van der Waals surface area contributed by atoms with Gasteiger partial charge in [-0.05, 0) is 36.8 Å². The second-order valence-corrected chi connectivity index (χ2v) is 5.14. The maximum atomic E-state index is 13.4. The van der Waals surface area contributed by atoms with Gasteiger partial charge in [0.15, 0.2) is 18.2 Å². The summed E-state index contributed by atoms with van der Waals surface area (Å²) in [6.45, 7) is 1.64. The van der Waals surface area contributed by atoms with Gasteiger partial charge in [-0.2, -0.15) is 0 Å². The zero-order chi connectivity index (χ0) is 14.5. The van der Waals surface area contributed by atoms with Crippen LogP contribution in [-0.4, -0.2) is 12.5 Å². The summed E-state index contributed by atoms with van der Waals surface area (Å²) in [5.74, 6) is -0.796. The number of carbonyl (C=O) groups excluding carboxylic acids is 1. The standard InChI is InChI=1S/C15H13BrFNO2/c1-10-4-2-3-5-13(10)18-15(19)9-20-14-8-11(16)6-7-12(14)17/h2-8H,9H2,1H3,(H,18,19). The first kappa shape index (κ1) is 14.5. The fourth-order valence-electron chi connectivity index (χ4n) is 1.63. The summed E-state index contributed by atoms with van der Waals surface area (Å²) in [5.41, 5.74) is 1.67. The number of anilines is 1. The second kappa shape index (κ2) is 6.52. The highest BCUT2D eigenvalue weighted by Crippen LogP contribution is 2.22. The number of halogens is 2. The maximum Gasteiger partial charge on any atom is 0.262 e. The number of para-hydroxylation sites is 1. The molecule has 0 bridgehead atoms. The van der Waals surface area contributed by atoms with Crippen LogP contribution in [-0.2, 0) is 4.79 Å². The molecule has 0 aliphatic heterocycles. The van der Waals surface area contributed by atoms with Crippen LogP contribution in [0.15, 0.2) is 46.9 Å². The number of rotatable bonds is 4. The molecular formula is C15H13BrFNO2. The third kappa shape index (κ3) is 3.81. The number of hydrogen-bond acceptors (Lipinski definition) is 2. The molecule has 0 saturated heterocycles. The average Bonchev–Trinajstić information content (AvgIpc) is 2.42. The summed E-state index contributed by atoms with van der Waals surface area (Å²) >= 11 is 3.22. The first-order valence-corrected chi connectivity index (χ1v) is 6.79. The van der Waals surface area contributed by atoms with Crippen molar-refractivity contribution in [3.8, 4) is 5.75 Å². The van der Waals surface area contributed by atoms with Crippen molar-refractivity contribution in [1.29, 1.82) is 0 Å². The number of hydrogen-bond donors (Lipinski definition) is 1. The maximum absolute atomic E-state index is 13.4. The van der Waals surface area contributed by atoms with Crippen molar-refractivity contribution in [3.63, 3.8) is 0 Å². The van der Waals surface area contributed by atoms with Crippen molar-refractivity contribution in [3.05, 3.63) is 58.3 Å². The third-order valence-electron chi connectivity index (χ3n) is 2.67. The Morgan fingerprint density at radius 2 is 2.05 bits per heavy atom. The van der Waals surface area contributed by atoms with Gasteiger partial charge in [-0.25, -0.2) is 4.39 Å². The first-order valence-electron chi connectivity index (χ1n) is 5.99. The summed E-state index contributed by atoms with van der Waals surface area (Å²) in [6.07, 6.45) is 0. The summed E-state index contributed by atoms with van der Waals surface area (Å²) in [5, 5.41) is 2.72. The molecule has 2 rings (SSSR count). The van der Waals surface area contributed by atoms with Gasteiger partial charge in [0.2, 0.25) is 0 Å². The van der Waals surface area contributed by atoms with Gasteiger partial charge in [0.05, 0.1) is 0 Å². The SMILES string of the molecule is Cc1ccccc1NC(=O)COc1cc(Br)ccc1F. The van der Waals surface area contributed by atoms with Gasteiger partial charge in [0.1, 0.15) is 0 Å². The fraction of sp³-hybridized carbons (Fsp3) is 0.133. The Kier molecular flexibility index (Phi) is 4.74. The van der Waals surface area contributed by atoms with Crippen molar-refractivity contribution in [2.75, 3.05) is 11.9 Å². The largest absolute Gasteiger partial charge is 0.481 e. The summed E-state index contributed by atoms with van der Waals surface area (Å²) < 4.78 is 19.3. The van der Waals surface area contributed by atoms with Crippen LogP contribution in [0.1, 0.15) is 5.56 Å². The number of aryl methyl sites for hydroxylation is 1. The molecule has 0 radical (unpaired) electrons. The Labute approximate surface area is 124 Å². The molecule has 0 heterocycles. The number of ether oxygens (including phenoxy) is 1. The third-order valence-corrected chi connectivity index (χ3v) is 3.16. The van der Waals surface area contributed by atoms with Gasteiger partial charge in [0.25, 0.3) is 5.91 Å². The van der Waals surface area contributed by atoms with Crippen LogP contribution in [0.4, 0.5) is 10.1 Å². The highest BCUT2D eigenvalue weighted by molar-refractivity contribution is 9.10. The molecule has 20 heavy (non-hydrogen) atoms. The highest BCUT2D eigenvalue weighted by atomic mass is 79.9. The molecule has 0 aromatic heterocycles. The Morgan fingerprint density at radius 3 is 2.80 bits per heavy atom. The lowest BCUT2D eigenvalue weighted by molar-refractivity contribution is -0.118. The Balaban J connectivity index is 1.96. The first-order chi connectivity index (χ1) is 9.56. The Hall–Kier alpha value is -1.88. The van der Waals surface area contributed by atoms with Gasteiger partial charge in [-0.15, -0.1) is 0 Å². The van der Waals surface area contributed by atoms with Gasteiger partial charge in [-0.1, -0.05) is 34.1 Å². The van der Waals surface area contributed by atoms with Crippen molar-refractivity contribution in [1.82, 2.24) is 0 Å². The molecule has 0 aliphatic rings. The summed E-state index contributed by atoms with van der Waals surface area (Å²) in [6, 6.07) is 11.7. The van der Waals surface area contributed by atoms with E-state index in [1.165, 1.54) is 12.1 Å². The van der Waals surface area contributed by atoms with E-state index in [1.54, 1.807) is 12.1 Å². The minimum absolute atomic E-state index is 0.0410. The quantitative estimate of drug-likeness (QED) is 0.918. The van der Waals surface area contributed by atoms with Crippen LogP contribution in [0.3, 0.4) is 0 Å². The lowest BCUT2D eigenvalue weighted by atomic mass is 10.2. The molecule has 2 aromatic rings. The average molecular weight is 338 g/mol. The van der Waals surface area contributed by atoms with Crippen LogP contribution >= 0.6 is 15.9 Å². The lowest BCUT2D eigenvalue weighted by Crippen LogP contribution is -2.20. The van der Waals surface area contributed by atoms with Crippen molar-refractivity contribution in [2.24, 2.45) is 0 Å². The van der Waals surface area contributed by atoms with E-state index in [9.17, 15) is 9.18 Å². The number of carbonyl (C=O) groups is 1. The van der Waals surface area contributed by atoms with Crippen molar-refractivity contribution in [2.45, 2.75) is 6.92 Å². The van der Waals surface area contributed by atoms with Crippen LogP contribution in [0.5, 0.6) is 5.75 Å². The van der Waals surface area contributed by atoms with E-state index in [0.717, 1.165) is 11.3 Å². The van der Waals surface area contributed by atoms with Crippen LogP contribution < -0.4 is 10.1 Å². The Morgan fingerprint density at radius 1 is 1.30 bits per heavy atom. The topological polar surface area (TPSA) is 38.3 Å². The van der Waals surface area contributed by atoms with E-state index in [1.807, 2.05) is 25.1 Å². The highest BCUT2D eigenvalue weighted by Gasteiger charge is 2.08. The molecule has 0 spiro atoms. The molecule has 104 valence electrons. The predicted molar refractivity (Wildman–Crippen MR) is 79.4 cm³/mol. The molecule has 0 atom stereocenters. The molecule has 3 nitrogen and oxygen atoms in total. The molecular weight excluding hydrogens is 325 g/mol. The second-order valence-electron chi connectivity index (χ2n) is 4.23. The Bertz CT molecular complexity index is 631. The van der Waals surface area contributed by atoms with Crippen LogP contribution in [0.2, 0.25) is 0 Å². The molecule has 0 aliphatic carbocycles. The molecule has 0 unspecified atom stereocenters. The van der Waals surface area contributed by atoms with E-state index < -0.39 is 5.82 Å². The minimum Gasteiger partial charge on any atom is -0.481 e. The van der Waals surface area contributed by atoms with E-state index >= 15 is 0 Å². The van der Waals surface area contributed by atoms with Crippen LogP contribution in [0, 0.1) is 12.7 Å². The zero-order valence-electron chi connectivity index (χ0n) is 10.8. The van der Waals surface area contributed by atoms with Crippen LogP contribution in [0.25, 0.3) is 0 Å². The van der Waals surface area contributed by atoms with E-state index in [2.05, 4.69) is 21.2 Å². The molecule has 2 aromatic carbocycles. The monoisotopic (exact) mass is 337 g/mol. The normalized spacial score (nSPS) is 10.2. The van der Waals surface area contributed by atoms with Gasteiger partial charge in [0, 0.05) is 10.2 Å². The molecule has 5 heteroatoms. The fourth-order valence-corrected chi connectivity index (χ4v) is 1.97. The lowest BCUT2D eigenvalue weighted by Gasteiger charge is -2.10. The molecule has 0 saturated carbocycles. The van der Waals surface area contributed by atoms with Gasteiger partial charge >= 0.3 is 0 Å². The number of nitrogens with one attached hydrogen (secondary N) is 1.